The Kier molecular flexibility index (Phi) is 3.72. The fourth-order valence-corrected chi connectivity index (χ4v) is 2.86. The quantitative estimate of drug-likeness (QED) is 0.825. The molecule has 0 unspecified atom stereocenters. The van der Waals surface area contributed by atoms with Gasteiger partial charge in [0.05, 0.1) is 5.52 Å². The van der Waals surface area contributed by atoms with Crippen molar-refractivity contribution in [2.24, 2.45) is 0 Å². The molecule has 4 heteroatoms. The molecule has 2 heterocycles. The minimum absolute atomic E-state index is 0.133. The number of likely N-dealkylation sites (tertiary alicyclic amines) is 1. The van der Waals surface area contributed by atoms with Gasteiger partial charge in [0.15, 0.2) is 0 Å². The molecule has 1 fully saturated rings. The van der Waals surface area contributed by atoms with Crippen LogP contribution in [0.25, 0.3) is 10.9 Å². The van der Waals surface area contributed by atoms with Crippen molar-refractivity contribution >= 4 is 16.8 Å². The minimum Gasteiger partial charge on any atom is -0.341 e. The Morgan fingerprint density at radius 3 is 2.60 bits per heavy atom. The predicted octanol–water partition coefficient (Wildman–Crippen LogP) is 3.18. The molecule has 106 valence electrons. The van der Waals surface area contributed by atoms with Gasteiger partial charge in [-0.2, -0.15) is 0 Å². The average molecular weight is 274 g/mol. The number of hydrogen-bond donors (Lipinski definition) is 0. The summed E-state index contributed by atoms with van der Waals surface area (Å²) in [4.78, 5) is 14.3. The number of amides is 1. The molecule has 0 atom stereocenters. The van der Waals surface area contributed by atoms with E-state index in [1.165, 1.54) is 25.0 Å². The number of carbonyl (C=O) groups is 1. The lowest BCUT2D eigenvalue weighted by atomic mass is 10.2. The molecule has 0 bridgehead atoms. The molecule has 3 nitrogen and oxygen atoms in total. The zero-order valence-electron chi connectivity index (χ0n) is 11.5. The molecule has 2 aromatic rings. The number of benzene rings is 1. The Morgan fingerprint density at radius 2 is 1.85 bits per heavy atom. The molecule has 1 amide bonds. The molecule has 1 aliphatic heterocycles. The van der Waals surface area contributed by atoms with Crippen LogP contribution in [0.2, 0.25) is 0 Å². The Bertz CT molecular complexity index is 612. The smallest absolute Gasteiger partial charge is 0.242 e. The van der Waals surface area contributed by atoms with Crippen molar-refractivity contribution in [2.45, 2.75) is 32.2 Å². The van der Waals surface area contributed by atoms with E-state index >= 15 is 0 Å². The van der Waals surface area contributed by atoms with Crippen LogP contribution in [0.4, 0.5) is 4.39 Å². The number of hydrogen-bond acceptors (Lipinski definition) is 1. The van der Waals surface area contributed by atoms with Crippen molar-refractivity contribution < 1.29 is 9.18 Å². The first-order valence-electron chi connectivity index (χ1n) is 7.26. The summed E-state index contributed by atoms with van der Waals surface area (Å²) < 4.78 is 15.2. The molecular weight excluding hydrogens is 255 g/mol. The molecule has 1 aliphatic rings. The number of fused-ring (bicyclic) bond motifs is 1. The standard InChI is InChI=1S/C16H19FN2O/c17-14-6-5-13-7-10-19(15(13)11-14)12-16(20)18-8-3-1-2-4-9-18/h5-7,10-11H,1-4,8-9,12H2. The second-order valence-electron chi connectivity index (χ2n) is 5.44. The maximum absolute atomic E-state index is 13.3. The van der Waals surface area contributed by atoms with Crippen molar-refractivity contribution in [3.8, 4) is 0 Å². The second-order valence-corrected chi connectivity index (χ2v) is 5.44. The number of rotatable bonds is 2. The zero-order chi connectivity index (χ0) is 13.9. The highest BCUT2D eigenvalue weighted by Crippen LogP contribution is 2.18. The van der Waals surface area contributed by atoms with E-state index in [0.29, 0.717) is 6.54 Å². The molecule has 3 rings (SSSR count). The zero-order valence-corrected chi connectivity index (χ0v) is 11.5. The van der Waals surface area contributed by atoms with E-state index in [-0.39, 0.29) is 11.7 Å². The highest BCUT2D eigenvalue weighted by atomic mass is 19.1. The summed E-state index contributed by atoms with van der Waals surface area (Å²) in [5.41, 5.74) is 0.785. The highest BCUT2D eigenvalue weighted by Gasteiger charge is 2.16. The normalized spacial score (nSPS) is 16.4. The lowest BCUT2D eigenvalue weighted by molar-refractivity contribution is -0.131. The maximum Gasteiger partial charge on any atom is 0.242 e. The van der Waals surface area contributed by atoms with E-state index in [9.17, 15) is 9.18 Å². The van der Waals surface area contributed by atoms with Crippen molar-refractivity contribution in [1.29, 1.82) is 0 Å². The lowest BCUT2D eigenvalue weighted by Crippen LogP contribution is -2.34. The van der Waals surface area contributed by atoms with Crippen molar-refractivity contribution in [1.82, 2.24) is 9.47 Å². The number of halogens is 1. The summed E-state index contributed by atoms with van der Waals surface area (Å²) in [7, 11) is 0. The van der Waals surface area contributed by atoms with Crippen LogP contribution in [0.5, 0.6) is 0 Å². The van der Waals surface area contributed by atoms with Crippen molar-refractivity contribution in [3.05, 3.63) is 36.3 Å². The Labute approximate surface area is 118 Å². The molecule has 0 aliphatic carbocycles. The van der Waals surface area contributed by atoms with E-state index < -0.39 is 0 Å². The Balaban J connectivity index is 1.78. The largest absolute Gasteiger partial charge is 0.341 e. The fraction of sp³-hybridized carbons (Fsp3) is 0.438. The van der Waals surface area contributed by atoms with Crippen molar-refractivity contribution in [2.75, 3.05) is 13.1 Å². The first-order chi connectivity index (χ1) is 9.74. The SMILES string of the molecule is O=C(Cn1ccc2ccc(F)cc21)N1CCCCCC1. The van der Waals surface area contributed by atoms with Gasteiger partial charge in [0, 0.05) is 19.3 Å². The van der Waals surface area contributed by atoms with Gasteiger partial charge in [-0.15, -0.1) is 0 Å². The molecule has 0 radical (unpaired) electrons. The predicted molar refractivity (Wildman–Crippen MR) is 76.9 cm³/mol. The van der Waals surface area contributed by atoms with Gasteiger partial charge in [0.2, 0.25) is 5.91 Å². The van der Waals surface area contributed by atoms with E-state index in [2.05, 4.69) is 0 Å². The lowest BCUT2D eigenvalue weighted by Gasteiger charge is -2.20. The van der Waals surface area contributed by atoms with Crippen LogP contribution in [-0.2, 0) is 11.3 Å². The first-order valence-corrected chi connectivity index (χ1v) is 7.26. The van der Waals surface area contributed by atoms with Gasteiger partial charge in [-0.25, -0.2) is 4.39 Å². The highest BCUT2D eigenvalue weighted by molar-refractivity contribution is 5.83. The molecule has 0 saturated carbocycles. The van der Waals surface area contributed by atoms with Gasteiger partial charge in [-0.3, -0.25) is 4.79 Å². The van der Waals surface area contributed by atoms with Crippen molar-refractivity contribution in [3.63, 3.8) is 0 Å². The summed E-state index contributed by atoms with van der Waals surface area (Å²) in [6.07, 6.45) is 6.46. The third-order valence-corrected chi connectivity index (χ3v) is 4.00. The molecule has 1 aromatic carbocycles. The Hall–Kier alpha value is -1.84. The summed E-state index contributed by atoms with van der Waals surface area (Å²) >= 11 is 0. The fourth-order valence-electron chi connectivity index (χ4n) is 2.86. The molecule has 1 aromatic heterocycles. The van der Waals surface area contributed by atoms with Crippen LogP contribution in [0.15, 0.2) is 30.5 Å². The van der Waals surface area contributed by atoms with E-state index in [0.717, 1.165) is 36.8 Å². The molecule has 0 N–H and O–H groups in total. The number of aromatic nitrogens is 1. The maximum atomic E-state index is 13.3. The average Bonchev–Trinajstić information content (AvgIpc) is 2.67. The van der Waals surface area contributed by atoms with Gasteiger partial charge in [-0.1, -0.05) is 12.8 Å². The van der Waals surface area contributed by atoms with Gasteiger partial charge in [-0.05, 0) is 42.5 Å². The third kappa shape index (κ3) is 2.69. The van der Waals surface area contributed by atoms with E-state index in [1.807, 2.05) is 21.7 Å². The summed E-state index contributed by atoms with van der Waals surface area (Å²) in [5, 5.41) is 0.968. The first kappa shape index (κ1) is 13.2. The van der Waals surface area contributed by atoms with Crippen LogP contribution in [0, 0.1) is 5.82 Å². The summed E-state index contributed by atoms with van der Waals surface area (Å²) in [6, 6.07) is 6.61. The minimum atomic E-state index is -0.264. The van der Waals surface area contributed by atoms with Gasteiger partial charge < -0.3 is 9.47 Å². The van der Waals surface area contributed by atoms with Crippen LogP contribution in [0.3, 0.4) is 0 Å². The van der Waals surface area contributed by atoms with Crippen LogP contribution in [-0.4, -0.2) is 28.5 Å². The van der Waals surface area contributed by atoms with E-state index in [1.54, 1.807) is 6.07 Å². The van der Waals surface area contributed by atoms with Crippen LogP contribution >= 0.6 is 0 Å². The van der Waals surface area contributed by atoms with E-state index in [4.69, 9.17) is 0 Å². The molecule has 1 saturated heterocycles. The summed E-state index contributed by atoms with van der Waals surface area (Å²) in [5.74, 6) is -0.131. The van der Waals surface area contributed by atoms with Gasteiger partial charge in [0.1, 0.15) is 12.4 Å². The van der Waals surface area contributed by atoms with Gasteiger partial charge >= 0.3 is 0 Å². The summed E-state index contributed by atoms with van der Waals surface area (Å²) in [6.45, 7) is 2.01. The van der Waals surface area contributed by atoms with Crippen LogP contribution < -0.4 is 0 Å². The molecule has 20 heavy (non-hydrogen) atoms. The number of carbonyl (C=O) groups excluding carboxylic acids is 1. The second kappa shape index (κ2) is 5.65. The Morgan fingerprint density at radius 1 is 1.10 bits per heavy atom. The molecule has 0 spiro atoms. The topological polar surface area (TPSA) is 25.2 Å². The van der Waals surface area contributed by atoms with Gasteiger partial charge in [0.25, 0.3) is 0 Å². The van der Waals surface area contributed by atoms with Crippen LogP contribution in [0.1, 0.15) is 25.7 Å². The monoisotopic (exact) mass is 274 g/mol. The number of nitrogens with zero attached hydrogens (tertiary/aromatic N) is 2. The molecular formula is C16H19FN2O. The third-order valence-electron chi connectivity index (χ3n) is 4.00.